The van der Waals surface area contributed by atoms with Gasteiger partial charge in [-0.1, -0.05) is 35.9 Å². The second-order valence-electron chi connectivity index (χ2n) is 9.22. The molecule has 2 aliphatic rings. The molecule has 1 aromatic heterocycles. The van der Waals surface area contributed by atoms with Crippen molar-refractivity contribution in [1.29, 1.82) is 0 Å². The molecular formula is C27H29N3O4S. The summed E-state index contributed by atoms with van der Waals surface area (Å²) in [5.41, 5.74) is 3.07. The average molecular weight is 492 g/mol. The summed E-state index contributed by atoms with van der Waals surface area (Å²) in [5.74, 6) is 1.50. The predicted octanol–water partition coefficient (Wildman–Crippen LogP) is 4.33. The number of nitrogens with one attached hydrogen (secondary N) is 1. The monoisotopic (exact) mass is 491 g/mol. The fourth-order valence-electron chi connectivity index (χ4n) is 5.11. The molecule has 2 fully saturated rings. The molecule has 0 unspecified atom stereocenters. The molecule has 2 heterocycles. The van der Waals surface area contributed by atoms with E-state index >= 15 is 0 Å². The second-order valence-corrected chi connectivity index (χ2v) is 10.4. The number of benzene rings is 2. The molecule has 5 rings (SSSR count). The van der Waals surface area contributed by atoms with Crippen molar-refractivity contribution < 1.29 is 19.1 Å². The fourth-order valence-corrected chi connectivity index (χ4v) is 6.02. The van der Waals surface area contributed by atoms with Crippen molar-refractivity contribution in [1.82, 2.24) is 15.2 Å². The van der Waals surface area contributed by atoms with Crippen LogP contribution in [0.4, 0.5) is 0 Å². The van der Waals surface area contributed by atoms with Gasteiger partial charge in [-0.2, -0.15) is 0 Å². The maximum Gasteiger partial charge on any atom is 0.274 e. The number of carbonyl (C=O) groups excluding carboxylic acids is 2. The van der Waals surface area contributed by atoms with E-state index < -0.39 is 0 Å². The highest BCUT2D eigenvalue weighted by atomic mass is 32.1. The normalized spacial score (nSPS) is 20.3. The van der Waals surface area contributed by atoms with Crippen LogP contribution in [0.2, 0.25) is 0 Å². The molecule has 0 spiro atoms. The smallest absolute Gasteiger partial charge is 0.274 e. The summed E-state index contributed by atoms with van der Waals surface area (Å²) >= 11 is 1.55. The molecule has 0 radical (unpaired) electrons. The number of nitrogens with zero attached hydrogens (tertiary/aromatic N) is 2. The highest BCUT2D eigenvalue weighted by Gasteiger charge is 2.54. The lowest BCUT2D eigenvalue weighted by molar-refractivity contribution is 0.0690. The van der Waals surface area contributed by atoms with Gasteiger partial charge in [0.2, 0.25) is 0 Å². The van der Waals surface area contributed by atoms with Crippen LogP contribution in [-0.2, 0) is 0 Å². The van der Waals surface area contributed by atoms with Gasteiger partial charge < -0.3 is 19.7 Å². The molecule has 1 aliphatic heterocycles. The summed E-state index contributed by atoms with van der Waals surface area (Å²) < 4.78 is 10.7. The number of carbonyl (C=O) groups is 2. The zero-order chi connectivity index (χ0) is 24.7. The number of hydrogen-bond donors (Lipinski definition) is 1. The highest BCUT2D eigenvalue weighted by molar-refractivity contribution is 7.15. The van der Waals surface area contributed by atoms with Crippen molar-refractivity contribution in [2.75, 3.05) is 27.3 Å². The van der Waals surface area contributed by atoms with Gasteiger partial charge in [-0.25, -0.2) is 4.98 Å². The van der Waals surface area contributed by atoms with E-state index in [1.165, 1.54) is 7.11 Å². The molecule has 1 N–H and O–H groups in total. The molecular weight excluding hydrogens is 462 g/mol. The molecule has 7 nitrogen and oxygen atoms in total. The second kappa shape index (κ2) is 9.34. The fraction of sp³-hybridized carbons (Fsp3) is 0.370. The predicted molar refractivity (Wildman–Crippen MR) is 135 cm³/mol. The van der Waals surface area contributed by atoms with E-state index in [0.29, 0.717) is 47.7 Å². The Morgan fingerprint density at radius 2 is 1.94 bits per heavy atom. The van der Waals surface area contributed by atoms with Gasteiger partial charge in [0.05, 0.1) is 35.7 Å². The van der Waals surface area contributed by atoms with Crippen molar-refractivity contribution in [3.63, 3.8) is 0 Å². The molecule has 1 aliphatic carbocycles. The summed E-state index contributed by atoms with van der Waals surface area (Å²) in [6, 6.07) is 13.3. The van der Waals surface area contributed by atoms with E-state index in [1.54, 1.807) is 36.6 Å². The first-order chi connectivity index (χ1) is 16.9. The molecule has 35 heavy (non-hydrogen) atoms. The minimum absolute atomic E-state index is 0.0552. The first-order valence-corrected chi connectivity index (χ1v) is 12.6. The summed E-state index contributed by atoms with van der Waals surface area (Å²) in [4.78, 5) is 34.2. The first kappa shape index (κ1) is 23.4. The SMILES string of the molecule is COc1cccc(C(=O)NC[C@@H]2[C@H]3C[C@H]3CN2C(=O)c2nc(C)sc2-c2cccc(C)c2)c1OC. The number of piperidine rings is 1. The Labute approximate surface area is 209 Å². The van der Waals surface area contributed by atoms with Crippen LogP contribution in [0.3, 0.4) is 0 Å². The minimum Gasteiger partial charge on any atom is -0.493 e. The van der Waals surface area contributed by atoms with Crippen LogP contribution >= 0.6 is 11.3 Å². The number of fused-ring (bicyclic) bond motifs is 1. The van der Waals surface area contributed by atoms with E-state index in [1.807, 2.05) is 36.9 Å². The van der Waals surface area contributed by atoms with Crippen molar-refractivity contribution in [3.05, 3.63) is 64.3 Å². The van der Waals surface area contributed by atoms with Gasteiger partial charge in [-0.15, -0.1) is 11.3 Å². The Balaban J connectivity index is 1.36. The van der Waals surface area contributed by atoms with Gasteiger partial charge in [0.15, 0.2) is 11.5 Å². The maximum absolute atomic E-state index is 13.7. The largest absolute Gasteiger partial charge is 0.493 e. The Morgan fingerprint density at radius 3 is 2.69 bits per heavy atom. The summed E-state index contributed by atoms with van der Waals surface area (Å²) in [5, 5.41) is 3.90. The van der Waals surface area contributed by atoms with E-state index in [4.69, 9.17) is 9.47 Å². The van der Waals surface area contributed by atoms with Crippen molar-refractivity contribution in [2.45, 2.75) is 26.3 Å². The topological polar surface area (TPSA) is 80.8 Å². The van der Waals surface area contributed by atoms with Crippen LogP contribution in [0.25, 0.3) is 10.4 Å². The van der Waals surface area contributed by atoms with Gasteiger partial charge in [-0.3, -0.25) is 9.59 Å². The zero-order valence-corrected chi connectivity index (χ0v) is 21.1. The van der Waals surface area contributed by atoms with Crippen molar-refractivity contribution in [3.8, 4) is 21.9 Å². The third-order valence-electron chi connectivity index (χ3n) is 6.90. The van der Waals surface area contributed by atoms with E-state index in [-0.39, 0.29) is 17.9 Å². The number of aromatic nitrogens is 1. The number of hydrogen-bond acceptors (Lipinski definition) is 6. The third-order valence-corrected chi connectivity index (χ3v) is 7.92. The highest BCUT2D eigenvalue weighted by Crippen LogP contribution is 2.50. The van der Waals surface area contributed by atoms with Gasteiger partial charge in [0, 0.05) is 13.1 Å². The minimum atomic E-state index is -0.248. The number of likely N-dealkylation sites (tertiary alicyclic amines) is 1. The molecule has 3 aromatic rings. The lowest BCUT2D eigenvalue weighted by Gasteiger charge is -2.27. The van der Waals surface area contributed by atoms with E-state index in [0.717, 1.165) is 27.4 Å². The average Bonchev–Trinajstić information content (AvgIpc) is 3.37. The standard InChI is InChI=1S/C27H29N3O4S/c1-15-7-5-8-17(11-15)25-23(29-16(2)35-25)27(32)30-14-18-12-20(18)21(30)13-28-26(31)19-9-6-10-22(33-3)24(19)34-4/h5-11,18,20-21H,12-14H2,1-4H3,(H,28,31)/t18-,20-,21+/m0/s1. The van der Waals surface area contributed by atoms with Gasteiger partial charge in [0.25, 0.3) is 11.8 Å². The molecule has 2 amide bonds. The number of ether oxygens (including phenoxy) is 2. The first-order valence-electron chi connectivity index (χ1n) is 11.8. The lowest BCUT2D eigenvalue weighted by Crippen LogP contribution is -2.45. The van der Waals surface area contributed by atoms with Crippen molar-refractivity contribution in [2.24, 2.45) is 11.8 Å². The van der Waals surface area contributed by atoms with Crippen LogP contribution < -0.4 is 14.8 Å². The van der Waals surface area contributed by atoms with E-state index in [9.17, 15) is 9.59 Å². The number of aryl methyl sites for hydroxylation is 2. The number of methoxy groups -OCH3 is 2. The molecule has 0 bridgehead atoms. The van der Waals surface area contributed by atoms with E-state index in [2.05, 4.69) is 16.4 Å². The number of rotatable bonds is 7. The van der Waals surface area contributed by atoms with Crippen LogP contribution in [0, 0.1) is 25.7 Å². The van der Waals surface area contributed by atoms with Crippen LogP contribution in [0.1, 0.15) is 37.8 Å². The quantitative estimate of drug-likeness (QED) is 0.532. The molecule has 1 saturated heterocycles. The van der Waals surface area contributed by atoms with Gasteiger partial charge in [-0.05, 0) is 49.8 Å². The molecule has 8 heteroatoms. The number of thiazole rings is 1. The summed E-state index contributed by atoms with van der Waals surface area (Å²) in [6.07, 6.45) is 1.09. The summed E-state index contributed by atoms with van der Waals surface area (Å²) in [6.45, 7) is 5.07. The molecule has 1 saturated carbocycles. The Kier molecular flexibility index (Phi) is 6.23. The third kappa shape index (κ3) is 4.38. The van der Waals surface area contributed by atoms with Crippen LogP contribution in [0.15, 0.2) is 42.5 Å². The zero-order valence-electron chi connectivity index (χ0n) is 20.3. The molecule has 2 aromatic carbocycles. The number of amides is 2. The van der Waals surface area contributed by atoms with Crippen molar-refractivity contribution >= 4 is 23.2 Å². The number of para-hydroxylation sites is 1. The molecule has 3 atom stereocenters. The lowest BCUT2D eigenvalue weighted by atomic mass is 10.1. The Bertz CT molecular complexity index is 1290. The van der Waals surface area contributed by atoms with Crippen LogP contribution in [-0.4, -0.2) is 55.0 Å². The Morgan fingerprint density at radius 1 is 1.14 bits per heavy atom. The van der Waals surface area contributed by atoms with Crippen LogP contribution in [0.5, 0.6) is 11.5 Å². The maximum atomic E-state index is 13.7. The summed E-state index contributed by atoms with van der Waals surface area (Å²) in [7, 11) is 3.06. The van der Waals surface area contributed by atoms with Gasteiger partial charge in [0.1, 0.15) is 5.69 Å². The van der Waals surface area contributed by atoms with Gasteiger partial charge >= 0.3 is 0 Å². The Hall–Kier alpha value is -3.39. The molecule has 182 valence electrons.